The number of nitrogens with two attached hydrogens (primary N) is 1. The molecule has 0 aromatic rings. The number of carboxylic acid groups (broad SMARTS) is 1. The van der Waals surface area contributed by atoms with Crippen molar-refractivity contribution in [2.24, 2.45) is 5.73 Å². The molecule has 0 spiro atoms. The van der Waals surface area contributed by atoms with E-state index in [-0.39, 0.29) is 13.0 Å². The van der Waals surface area contributed by atoms with Crippen LogP contribution in [0, 0.1) is 0 Å². The highest BCUT2D eigenvalue weighted by molar-refractivity contribution is 7.47. The van der Waals surface area contributed by atoms with Gasteiger partial charge in [-0.25, -0.2) is 4.57 Å². The van der Waals surface area contributed by atoms with Gasteiger partial charge in [-0.1, -0.05) is 160 Å². The van der Waals surface area contributed by atoms with E-state index in [1.165, 1.54) is 128 Å². The normalized spacial score (nSPS) is 14.1. The summed E-state index contributed by atoms with van der Waals surface area (Å²) in [6, 6.07) is -1.47. The lowest BCUT2D eigenvalue weighted by Crippen LogP contribution is -2.34. The van der Waals surface area contributed by atoms with Crippen LogP contribution in [0.4, 0.5) is 0 Å². The first-order valence-electron chi connectivity index (χ1n) is 22.4. The molecule has 0 aliphatic carbocycles. The van der Waals surface area contributed by atoms with E-state index in [4.69, 9.17) is 29.4 Å². The molecule has 0 heterocycles. The second kappa shape index (κ2) is 40.6. The van der Waals surface area contributed by atoms with Gasteiger partial charge in [-0.2, -0.15) is 0 Å². The molecule has 0 rings (SSSR count). The van der Waals surface area contributed by atoms with Crippen molar-refractivity contribution < 1.29 is 42.7 Å². The zero-order valence-corrected chi connectivity index (χ0v) is 36.2. The van der Waals surface area contributed by atoms with Crippen LogP contribution in [0.25, 0.3) is 0 Å². The van der Waals surface area contributed by atoms with Gasteiger partial charge in [0, 0.05) is 13.0 Å². The van der Waals surface area contributed by atoms with Gasteiger partial charge in [0.1, 0.15) is 12.1 Å². The minimum Gasteiger partial charge on any atom is -0.480 e. The number of phosphoric acid groups is 1. The molecule has 324 valence electrons. The van der Waals surface area contributed by atoms with Gasteiger partial charge in [0.05, 0.1) is 19.8 Å². The van der Waals surface area contributed by atoms with Crippen molar-refractivity contribution in [2.75, 3.05) is 26.4 Å². The van der Waals surface area contributed by atoms with Crippen molar-refractivity contribution in [1.82, 2.24) is 0 Å². The Morgan fingerprint density at radius 2 is 0.945 bits per heavy atom. The number of carbonyl (C=O) groups excluding carboxylic acids is 1. The lowest BCUT2D eigenvalue weighted by molar-refractivity contribution is -0.154. The van der Waals surface area contributed by atoms with E-state index in [0.717, 1.165) is 51.4 Å². The molecular formula is C44H84NO9P. The standard InChI is InChI=1S/C44H84NO9P/c1-3-5-7-9-11-13-15-17-19-20-21-22-23-25-27-29-31-33-35-37-51-38-41(39-52-55(49,50)53-40-42(45)44(47)48)54-43(46)36-34-32-30-28-26-24-18-16-14-12-10-8-6-4-2/h16,18-20,41-42H,3-15,17,21-40,45H2,1-2H3,(H,47,48)(H,49,50)/b18-16-,20-19-. The van der Waals surface area contributed by atoms with Crippen LogP contribution in [0.5, 0.6) is 0 Å². The van der Waals surface area contributed by atoms with E-state index in [1.807, 2.05) is 0 Å². The SMILES string of the molecule is CCCCCCC/C=C\CCCCCCCC(=O)OC(COCCCCCCCCCC/C=C\CCCCCCCCC)COP(=O)(O)OCC(N)C(=O)O. The number of esters is 1. The summed E-state index contributed by atoms with van der Waals surface area (Å²) in [5.74, 6) is -1.78. The van der Waals surface area contributed by atoms with E-state index in [1.54, 1.807) is 0 Å². The molecule has 4 N–H and O–H groups in total. The third-order valence-electron chi connectivity index (χ3n) is 9.70. The Morgan fingerprint density at radius 1 is 0.564 bits per heavy atom. The first-order chi connectivity index (χ1) is 26.7. The third kappa shape index (κ3) is 40.4. The van der Waals surface area contributed by atoms with Gasteiger partial charge in [0.25, 0.3) is 0 Å². The maximum atomic E-state index is 12.6. The highest BCUT2D eigenvalue weighted by Gasteiger charge is 2.27. The molecule has 0 aromatic carbocycles. The molecule has 55 heavy (non-hydrogen) atoms. The van der Waals surface area contributed by atoms with Crippen molar-refractivity contribution in [3.05, 3.63) is 24.3 Å². The van der Waals surface area contributed by atoms with Crippen molar-refractivity contribution in [2.45, 2.75) is 219 Å². The highest BCUT2D eigenvalue weighted by atomic mass is 31.2. The summed E-state index contributed by atoms with van der Waals surface area (Å²) in [4.78, 5) is 33.5. The lowest BCUT2D eigenvalue weighted by atomic mass is 10.1. The van der Waals surface area contributed by atoms with Crippen LogP contribution < -0.4 is 5.73 Å². The van der Waals surface area contributed by atoms with E-state index >= 15 is 0 Å². The van der Waals surface area contributed by atoms with Crippen LogP contribution in [-0.2, 0) is 32.7 Å². The molecule has 0 amide bonds. The molecule has 10 nitrogen and oxygen atoms in total. The van der Waals surface area contributed by atoms with Crippen LogP contribution >= 0.6 is 7.82 Å². The zero-order valence-electron chi connectivity index (χ0n) is 35.3. The largest absolute Gasteiger partial charge is 0.480 e. The predicted molar refractivity (Wildman–Crippen MR) is 226 cm³/mol. The second-order valence-electron chi connectivity index (χ2n) is 15.2. The zero-order chi connectivity index (χ0) is 40.5. The molecule has 0 bridgehead atoms. The molecule has 0 aromatic heterocycles. The third-order valence-corrected chi connectivity index (χ3v) is 10.7. The number of unbranched alkanes of at least 4 members (excludes halogenated alkanes) is 25. The molecule has 0 fully saturated rings. The number of ether oxygens (including phenoxy) is 2. The van der Waals surface area contributed by atoms with Gasteiger partial charge in [-0.15, -0.1) is 0 Å². The van der Waals surface area contributed by atoms with Crippen LogP contribution in [-0.4, -0.2) is 60.5 Å². The molecule has 0 saturated carbocycles. The van der Waals surface area contributed by atoms with Gasteiger partial charge < -0.3 is 25.2 Å². The van der Waals surface area contributed by atoms with Gasteiger partial charge in [0.2, 0.25) is 0 Å². The highest BCUT2D eigenvalue weighted by Crippen LogP contribution is 2.43. The molecular weight excluding hydrogens is 717 g/mol. The molecule has 0 aliphatic heterocycles. The van der Waals surface area contributed by atoms with Gasteiger partial charge >= 0.3 is 19.8 Å². The Hall–Kier alpha value is -1.55. The fraction of sp³-hybridized carbons (Fsp3) is 0.864. The van der Waals surface area contributed by atoms with Gasteiger partial charge in [-0.3, -0.25) is 18.6 Å². The fourth-order valence-electron chi connectivity index (χ4n) is 6.18. The number of phosphoric ester groups is 1. The number of rotatable bonds is 43. The average Bonchev–Trinajstić information content (AvgIpc) is 3.16. The summed E-state index contributed by atoms with van der Waals surface area (Å²) in [5, 5.41) is 8.89. The quantitative estimate of drug-likeness (QED) is 0.0235. The summed E-state index contributed by atoms with van der Waals surface area (Å²) >= 11 is 0. The molecule has 0 saturated heterocycles. The molecule has 0 radical (unpaired) electrons. The Kier molecular flexibility index (Phi) is 39.5. The van der Waals surface area contributed by atoms with Crippen LogP contribution in [0.15, 0.2) is 24.3 Å². The Bertz CT molecular complexity index is 977. The first kappa shape index (κ1) is 53.5. The summed E-state index contributed by atoms with van der Waals surface area (Å²) in [5.41, 5.74) is 5.35. The van der Waals surface area contributed by atoms with E-state index in [2.05, 4.69) is 38.2 Å². The maximum absolute atomic E-state index is 12.6. The predicted octanol–water partition coefficient (Wildman–Crippen LogP) is 12.3. The monoisotopic (exact) mass is 802 g/mol. The van der Waals surface area contributed by atoms with Crippen molar-refractivity contribution in [3.63, 3.8) is 0 Å². The second-order valence-corrected chi connectivity index (χ2v) is 16.6. The Balaban J connectivity index is 4.20. The van der Waals surface area contributed by atoms with E-state index in [9.17, 15) is 19.0 Å². The summed E-state index contributed by atoms with van der Waals surface area (Å²) in [6.45, 7) is 3.87. The van der Waals surface area contributed by atoms with Gasteiger partial charge in [0.15, 0.2) is 0 Å². The minimum atomic E-state index is -4.62. The van der Waals surface area contributed by atoms with E-state index < -0.39 is 45.1 Å². The number of hydrogen-bond acceptors (Lipinski definition) is 8. The van der Waals surface area contributed by atoms with E-state index in [0.29, 0.717) is 13.0 Å². The lowest BCUT2D eigenvalue weighted by Gasteiger charge is -2.20. The summed E-state index contributed by atoms with van der Waals surface area (Å²) in [7, 11) is -4.62. The van der Waals surface area contributed by atoms with Crippen LogP contribution in [0.1, 0.15) is 206 Å². The number of carbonyl (C=O) groups is 2. The molecule has 3 atom stereocenters. The van der Waals surface area contributed by atoms with Gasteiger partial charge in [-0.05, 0) is 64.2 Å². The number of hydrogen-bond donors (Lipinski definition) is 3. The summed E-state index contributed by atoms with van der Waals surface area (Å²) < 4.78 is 33.4. The van der Waals surface area contributed by atoms with Crippen LogP contribution in [0.3, 0.4) is 0 Å². The number of carboxylic acids is 1. The molecule has 11 heteroatoms. The Morgan fingerprint density at radius 3 is 1.38 bits per heavy atom. The minimum absolute atomic E-state index is 0.0140. The van der Waals surface area contributed by atoms with Crippen LogP contribution in [0.2, 0.25) is 0 Å². The smallest absolute Gasteiger partial charge is 0.472 e. The van der Waals surface area contributed by atoms with Crippen molar-refractivity contribution in [3.8, 4) is 0 Å². The number of allylic oxidation sites excluding steroid dienone is 4. The van der Waals surface area contributed by atoms with Crippen molar-refractivity contribution >= 4 is 19.8 Å². The maximum Gasteiger partial charge on any atom is 0.472 e. The Labute approximate surface area is 336 Å². The average molecular weight is 802 g/mol. The van der Waals surface area contributed by atoms with Crippen molar-refractivity contribution in [1.29, 1.82) is 0 Å². The molecule has 3 unspecified atom stereocenters. The topological polar surface area (TPSA) is 155 Å². The molecule has 0 aliphatic rings. The first-order valence-corrected chi connectivity index (χ1v) is 23.9. The number of aliphatic carboxylic acids is 1. The summed E-state index contributed by atoms with van der Waals surface area (Å²) in [6.07, 6.45) is 43.7. The fourth-order valence-corrected chi connectivity index (χ4v) is 6.96.